The summed E-state index contributed by atoms with van der Waals surface area (Å²) in [5.74, 6) is 0.975. The molecule has 0 bridgehead atoms. The molecule has 0 fully saturated rings. The third kappa shape index (κ3) is 4.72. The highest BCUT2D eigenvalue weighted by molar-refractivity contribution is 5.78. The first-order valence-electron chi connectivity index (χ1n) is 10.0. The van der Waals surface area contributed by atoms with Gasteiger partial charge in [0.1, 0.15) is 5.82 Å². The monoisotopic (exact) mass is 383 g/mol. The highest BCUT2D eigenvalue weighted by Gasteiger charge is 2.20. The standard InChI is InChI=1S/C25H25N3O/c1-18(20-12-6-3-7-13-20)16-24(29)26-23(17-19-10-4-2-5-11-19)25-27-21-14-8-9-15-22(21)28-25/h2-15,18,23H,16-17H2,1H3,(H,26,29)(H,27,28). The van der Waals surface area contributed by atoms with Crippen LogP contribution in [0.1, 0.15) is 42.3 Å². The molecule has 0 aliphatic heterocycles. The highest BCUT2D eigenvalue weighted by Crippen LogP contribution is 2.22. The first-order valence-corrected chi connectivity index (χ1v) is 10.0. The minimum Gasteiger partial charge on any atom is -0.346 e. The van der Waals surface area contributed by atoms with E-state index in [0.29, 0.717) is 12.8 Å². The second kappa shape index (κ2) is 8.74. The third-order valence-corrected chi connectivity index (χ3v) is 5.22. The van der Waals surface area contributed by atoms with E-state index >= 15 is 0 Å². The number of hydrogen-bond acceptors (Lipinski definition) is 2. The summed E-state index contributed by atoms with van der Waals surface area (Å²) < 4.78 is 0. The lowest BCUT2D eigenvalue weighted by atomic mass is 9.97. The summed E-state index contributed by atoms with van der Waals surface area (Å²) in [4.78, 5) is 21.0. The summed E-state index contributed by atoms with van der Waals surface area (Å²) in [5.41, 5.74) is 4.22. The molecule has 29 heavy (non-hydrogen) atoms. The molecule has 4 heteroatoms. The molecule has 0 saturated carbocycles. The Bertz CT molecular complexity index is 1040. The molecular weight excluding hydrogens is 358 g/mol. The third-order valence-electron chi connectivity index (χ3n) is 5.22. The lowest BCUT2D eigenvalue weighted by Gasteiger charge is -2.19. The molecule has 4 rings (SSSR count). The normalized spacial score (nSPS) is 13.1. The fourth-order valence-corrected chi connectivity index (χ4v) is 3.63. The van der Waals surface area contributed by atoms with Crippen molar-refractivity contribution < 1.29 is 4.79 Å². The van der Waals surface area contributed by atoms with Gasteiger partial charge in [-0.3, -0.25) is 4.79 Å². The molecule has 0 aliphatic rings. The number of carbonyl (C=O) groups excluding carboxylic acids is 1. The summed E-state index contributed by atoms with van der Waals surface area (Å²) in [5, 5.41) is 3.21. The second-order valence-electron chi connectivity index (χ2n) is 7.46. The van der Waals surface area contributed by atoms with Crippen molar-refractivity contribution >= 4 is 16.9 Å². The lowest BCUT2D eigenvalue weighted by Crippen LogP contribution is -2.31. The summed E-state index contributed by atoms with van der Waals surface area (Å²) in [6.45, 7) is 2.09. The fraction of sp³-hybridized carbons (Fsp3) is 0.200. The van der Waals surface area contributed by atoms with Gasteiger partial charge in [-0.2, -0.15) is 0 Å². The quantitative estimate of drug-likeness (QED) is 0.463. The Kier molecular flexibility index (Phi) is 5.71. The number of fused-ring (bicyclic) bond motifs is 1. The van der Waals surface area contributed by atoms with Crippen LogP contribution in [0.25, 0.3) is 11.0 Å². The minimum atomic E-state index is -0.208. The lowest BCUT2D eigenvalue weighted by molar-refractivity contribution is -0.122. The van der Waals surface area contributed by atoms with Gasteiger partial charge in [0.2, 0.25) is 5.91 Å². The molecule has 0 radical (unpaired) electrons. The van der Waals surface area contributed by atoms with Crippen molar-refractivity contribution in [1.82, 2.24) is 15.3 Å². The largest absolute Gasteiger partial charge is 0.346 e. The number of benzene rings is 3. The number of nitrogens with zero attached hydrogens (tertiary/aromatic N) is 1. The number of amides is 1. The molecule has 0 aliphatic carbocycles. The van der Waals surface area contributed by atoms with Crippen LogP contribution in [0.4, 0.5) is 0 Å². The number of nitrogens with one attached hydrogen (secondary N) is 2. The molecule has 4 aromatic rings. The average molecular weight is 383 g/mol. The van der Waals surface area contributed by atoms with E-state index in [1.54, 1.807) is 0 Å². The van der Waals surface area contributed by atoms with Gasteiger partial charge in [0.25, 0.3) is 0 Å². The molecule has 0 saturated heterocycles. The Balaban J connectivity index is 1.54. The minimum absolute atomic E-state index is 0.0303. The number of imidazole rings is 1. The van der Waals surface area contributed by atoms with Gasteiger partial charge in [0, 0.05) is 6.42 Å². The SMILES string of the molecule is CC(CC(=O)NC(Cc1ccccc1)c1nc2ccccc2[nH]1)c1ccccc1. The number of aromatic amines is 1. The molecule has 2 atom stereocenters. The number of hydrogen-bond donors (Lipinski definition) is 2. The second-order valence-corrected chi connectivity index (χ2v) is 7.46. The molecule has 1 amide bonds. The van der Waals surface area contributed by atoms with E-state index in [9.17, 15) is 4.79 Å². The van der Waals surface area contributed by atoms with E-state index in [-0.39, 0.29) is 17.9 Å². The van der Waals surface area contributed by atoms with E-state index in [0.717, 1.165) is 22.4 Å². The van der Waals surface area contributed by atoms with Crippen molar-refractivity contribution in [3.63, 3.8) is 0 Å². The molecule has 146 valence electrons. The van der Waals surface area contributed by atoms with Crippen molar-refractivity contribution in [3.8, 4) is 0 Å². The molecule has 1 heterocycles. The van der Waals surface area contributed by atoms with Gasteiger partial charge in [-0.15, -0.1) is 0 Å². The number of carbonyl (C=O) groups is 1. The van der Waals surface area contributed by atoms with Crippen molar-refractivity contribution in [2.45, 2.75) is 31.7 Å². The van der Waals surface area contributed by atoms with Gasteiger partial charge < -0.3 is 10.3 Å². The Morgan fingerprint density at radius 1 is 0.931 bits per heavy atom. The number of rotatable bonds is 7. The maximum Gasteiger partial charge on any atom is 0.221 e. The molecule has 2 N–H and O–H groups in total. The van der Waals surface area contributed by atoms with Crippen LogP contribution in [0, 0.1) is 0 Å². The molecular formula is C25H25N3O. The fourth-order valence-electron chi connectivity index (χ4n) is 3.63. The van der Waals surface area contributed by atoms with Crippen LogP contribution in [0.3, 0.4) is 0 Å². The van der Waals surface area contributed by atoms with Gasteiger partial charge in [-0.05, 0) is 35.6 Å². The van der Waals surface area contributed by atoms with Crippen molar-refractivity contribution in [1.29, 1.82) is 0 Å². The number of para-hydroxylation sites is 2. The first-order chi connectivity index (χ1) is 14.2. The van der Waals surface area contributed by atoms with Crippen LogP contribution in [0.2, 0.25) is 0 Å². The van der Waals surface area contributed by atoms with Gasteiger partial charge in [-0.1, -0.05) is 79.7 Å². The Hall–Kier alpha value is -3.40. The summed E-state index contributed by atoms with van der Waals surface area (Å²) >= 11 is 0. The van der Waals surface area contributed by atoms with Gasteiger partial charge in [0.05, 0.1) is 17.1 Å². The van der Waals surface area contributed by atoms with Crippen LogP contribution in [-0.2, 0) is 11.2 Å². The number of aromatic nitrogens is 2. The summed E-state index contributed by atoms with van der Waals surface area (Å²) in [6, 6.07) is 28.1. The summed E-state index contributed by atoms with van der Waals surface area (Å²) in [7, 11) is 0. The average Bonchev–Trinajstić information content (AvgIpc) is 3.19. The Morgan fingerprint density at radius 2 is 1.59 bits per heavy atom. The van der Waals surface area contributed by atoms with Crippen LogP contribution < -0.4 is 5.32 Å². The van der Waals surface area contributed by atoms with Crippen LogP contribution >= 0.6 is 0 Å². The topological polar surface area (TPSA) is 57.8 Å². The van der Waals surface area contributed by atoms with E-state index in [4.69, 9.17) is 4.98 Å². The molecule has 2 unspecified atom stereocenters. The Morgan fingerprint density at radius 3 is 2.31 bits per heavy atom. The van der Waals surface area contributed by atoms with E-state index in [1.807, 2.05) is 60.7 Å². The maximum absolute atomic E-state index is 12.9. The predicted octanol–water partition coefficient (Wildman–Crippen LogP) is 5.16. The van der Waals surface area contributed by atoms with E-state index < -0.39 is 0 Å². The predicted molar refractivity (Wildman–Crippen MR) is 117 cm³/mol. The van der Waals surface area contributed by atoms with Crippen LogP contribution in [0.5, 0.6) is 0 Å². The van der Waals surface area contributed by atoms with Crippen molar-refractivity contribution in [2.75, 3.05) is 0 Å². The maximum atomic E-state index is 12.9. The van der Waals surface area contributed by atoms with E-state index in [2.05, 4.69) is 41.5 Å². The first kappa shape index (κ1) is 18.9. The van der Waals surface area contributed by atoms with Crippen molar-refractivity contribution in [2.24, 2.45) is 0 Å². The van der Waals surface area contributed by atoms with Gasteiger partial charge in [0.15, 0.2) is 0 Å². The molecule has 0 spiro atoms. The smallest absolute Gasteiger partial charge is 0.221 e. The van der Waals surface area contributed by atoms with Crippen LogP contribution in [0.15, 0.2) is 84.9 Å². The molecule has 3 aromatic carbocycles. The van der Waals surface area contributed by atoms with Gasteiger partial charge in [-0.25, -0.2) is 4.98 Å². The highest BCUT2D eigenvalue weighted by atomic mass is 16.1. The number of H-pyrrole nitrogens is 1. The molecule has 1 aromatic heterocycles. The van der Waals surface area contributed by atoms with Crippen molar-refractivity contribution in [3.05, 3.63) is 102 Å². The van der Waals surface area contributed by atoms with Crippen LogP contribution in [-0.4, -0.2) is 15.9 Å². The summed E-state index contributed by atoms with van der Waals surface area (Å²) in [6.07, 6.45) is 1.13. The zero-order chi connectivity index (χ0) is 20.1. The van der Waals surface area contributed by atoms with E-state index in [1.165, 1.54) is 5.56 Å². The Labute approximate surface area is 171 Å². The van der Waals surface area contributed by atoms with Gasteiger partial charge >= 0.3 is 0 Å². The molecule has 4 nitrogen and oxygen atoms in total. The zero-order valence-electron chi connectivity index (χ0n) is 16.5. The zero-order valence-corrected chi connectivity index (χ0v) is 16.5.